The molecule has 21 heavy (non-hydrogen) atoms. The topological polar surface area (TPSA) is 30.0 Å². The van der Waals surface area contributed by atoms with Gasteiger partial charge in [-0.05, 0) is 34.5 Å². The molecule has 0 atom stereocenters. The molecule has 0 radical (unpaired) electrons. The second-order valence-electron chi connectivity index (χ2n) is 4.50. The van der Waals surface area contributed by atoms with Crippen LogP contribution in [0.1, 0.15) is 15.9 Å². The van der Waals surface area contributed by atoms with Gasteiger partial charge in [0.1, 0.15) is 0 Å². The fourth-order valence-corrected chi connectivity index (χ4v) is 2.18. The van der Waals surface area contributed by atoms with E-state index in [-0.39, 0.29) is 18.2 Å². The molecule has 3 rings (SSSR count). The van der Waals surface area contributed by atoms with Gasteiger partial charge in [-0.2, -0.15) is 0 Å². The third kappa shape index (κ3) is 3.36. The number of rotatable bonds is 3. The first-order valence-corrected chi connectivity index (χ1v) is 6.45. The van der Waals surface area contributed by atoms with Gasteiger partial charge in [-0.3, -0.25) is 9.78 Å². The van der Waals surface area contributed by atoms with Crippen molar-refractivity contribution in [1.82, 2.24) is 4.98 Å². The van der Waals surface area contributed by atoms with E-state index in [0.717, 1.165) is 21.9 Å². The van der Waals surface area contributed by atoms with E-state index in [4.69, 9.17) is 0 Å². The third-order valence-electron chi connectivity index (χ3n) is 3.19. The van der Waals surface area contributed by atoms with E-state index in [1.54, 1.807) is 18.5 Å². The number of fused-ring (bicyclic) bond motifs is 1. The summed E-state index contributed by atoms with van der Waals surface area (Å²) in [6.45, 7) is 0. The van der Waals surface area contributed by atoms with Crippen LogP contribution in [0.4, 0.5) is 0 Å². The molecule has 3 heteroatoms. The molecule has 0 saturated carbocycles. The summed E-state index contributed by atoms with van der Waals surface area (Å²) in [4.78, 5) is 16.3. The number of hydrogen-bond acceptors (Lipinski definition) is 2. The molecule has 0 aliphatic heterocycles. The standard InChI is InChI=1S/C18H13NO.ClH/c20-18(9-8-14-10-12-19-13-11-14)17-7-3-5-15-4-1-2-6-16(15)17;/h1-13H;1H/b9-8+;. The number of allylic oxidation sites excluding steroid dienone is 1. The van der Waals surface area contributed by atoms with Crippen LogP contribution < -0.4 is 0 Å². The fourth-order valence-electron chi connectivity index (χ4n) is 2.18. The third-order valence-corrected chi connectivity index (χ3v) is 3.19. The molecule has 0 aliphatic rings. The van der Waals surface area contributed by atoms with Crippen molar-refractivity contribution in [2.24, 2.45) is 0 Å². The van der Waals surface area contributed by atoms with E-state index >= 15 is 0 Å². The van der Waals surface area contributed by atoms with Gasteiger partial charge in [0.05, 0.1) is 0 Å². The van der Waals surface area contributed by atoms with Gasteiger partial charge in [0.2, 0.25) is 0 Å². The highest BCUT2D eigenvalue weighted by Crippen LogP contribution is 2.19. The van der Waals surface area contributed by atoms with E-state index in [0.29, 0.717) is 0 Å². The van der Waals surface area contributed by atoms with Gasteiger partial charge in [0.25, 0.3) is 0 Å². The van der Waals surface area contributed by atoms with Crippen LogP contribution in [-0.2, 0) is 0 Å². The van der Waals surface area contributed by atoms with Crippen molar-refractivity contribution in [1.29, 1.82) is 0 Å². The van der Waals surface area contributed by atoms with E-state index in [1.807, 2.05) is 60.7 Å². The molecule has 0 saturated heterocycles. The summed E-state index contributed by atoms with van der Waals surface area (Å²) in [6, 6.07) is 17.4. The molecule has 1 heterocycles. The molecule has 0 spiro atoms. The lowest BCUT2D eigenvalue weighted by Crippen LogP contribution is -1.95. The molecule has 0 unspecified atom stereocenters. The maximum absolute atomic E-state index is 12.3. The quantitative estimate of drug-likeness (QED) is 0.524. The average Bonchev–Trinajstić information content (AvgIpc) is 2.53. The number of halogens is 1. The van der Waals surface area contributed by atoms with Crippen molar-refractivity contribution in [3.63, 3.8) is 0 Å². The van der Waals surface area contributed by atoms with Crippen LogP contribution in [0, 0.1) is 0 Å². The molecular formula is C18H14ClNO. The largest absolute Gasteiger partial charge is 0.289 e. The van der Waals surface area contributed by atoms with Crippen molar-refractivity contribution in [3.05, 3.63) is 84.2 Å². The highest BCUT2D eigenvalue weighted by Gasteiger charge is 2.06. The SMILES string of the molecule is Cl.O=C(/C=C/c1ccncc1)c1cccc2ccccc12. The zero-order valence-corrected chi connectivity index (χ0v) is 12.1. The van der Waals surface area contributed by atoms with Gasteiger partial charge >= 0.3 is 0 Å². The molecule has 0 bridgehead atoms. The summed E-state index contributed by atoms with van der Waals surface area (Å²) in [5.74, 6) is 0.0126. The predicted octanol–water partition coefficient (Wildman–Crippen LogP) is 4.55. The predicted molar refractivity (Wildman–Crippen MR) is 88.8 cm³/mol. The van der Waals surface area contributed by atoms with Crippen LogP contribution in [0.15, 0.2) is 73.1 Å². The van der Waals surface area contributed by atoms with Crippen molar-refractivity contribution in [3.8, 4) is 0 Å². The Labute approximate surface area is 129 Å². The van der Waals surface area contributed by atoms with Crippen molar-refractivity contribution in [2.75, 3.05) is 0 Å². The van der Waals surface area contributed by atoms with Crippen molar-refractivity contribution >= 4 is 35.0 Å². The van der Waals surface area contributed by atoms with Crippen LogP contribution in [0.25, 0.3) is 16.8 Å². The Hall–Kier alpha value is -2.45. The summed E-state index contributed by atoms with van der Waals surface area (Å²) in [6.07, 6.45) is 6.84. The highest BCUT2D eigenvalue weighted by molar-refractivity contribution is 6.14. The Kier molecular flexibility index (Phi) is 4.85. The highest BCUT2D eigenvalue weighted by atomic mass is 35.5. The minimum Gasteiger partial charge on any atom is -0.289 e. The van der Waals surface area contributed by atoms with Gasteiger partial charge < -0.3 is 0 Å². The minimum absolute atomic E-state index is 0. The molecule has 2 nitrogen and oxygen atoms in total. The van der Waals surface area contributed by atoms with Crippen LogP contribution in [-0.4, -0.2) is 10.8 Å². The molecule has 104 valence electrons. The fraction of sp³-hybridized carbons (Fsp3) is 0. The Bertz CT molecular complexity index is 776. The smallest absolute Gasteiger partial charge is 0.186 e. The first-order valence-electron chi connectivity index (χ1n) is 6.45. The molecule has 2 aromatic carbocycles. The molecule has 0 aliphatic carbocycles. The molecule has 0 fully saturated rings. The van der Waals surface area contributed by atoms with E-state index in [2.05, 4.69) is 4.98 Å². The minimum atomic E-state index is 0. The maximum atomic E-state index is 12.3. The molecule has 0 amide bonds. The lowest BCUT2D eigenvalue weighted by Gasteiger charge is -2.02. The first-order chi connectivity index (χ1) is 9.84. The number of benzene rings is 2. The van der Waals surface area contributed by atoms with Gasteiger partial charge in [-0.1, -0.05) is 48.5 Å². The second kappa shape index (κ2) is 6.82. The number of hydrogen-bond donors (Lipinski definition) is 0. The number of ketones is 1. The number of pyridine rings is 1. The molecule has 1 aromatic heterocycles. The van der Waals surface area contributed by atoms with Gasteiger partial charge in [-0.15, -0.1) is 12.4 Å². The summed E-state index contributed by atoms with van der Waals surface area (Å²) < 4.78 is 0. The van der Waals surface area contributed by atoms with Crippen LogP contribution >= 0.6 is 12.4 Å². The molecular weight excluding hydrogens is 282 g/mol. The van der Waals surface area contributed by atoms with E-state index < -0.39 is 0 Å². The summed E-state index contributed by atoms with van der Waals surface area (Å²) >= 11 is 0. The van der Waals surface area contributed by atoms with Crippen LogP contribution in [0.2, 0.25) is 0 Å². The zero-order valence-electron chi connectivity index (χ0n) is 11.3. The van der Waals surface area contributed by atoms with Crippen LogP contribution in [0.3, 0.4) is 0 Å². The summed E-state index contributed by atoms with van der Waals surface area (Å²) in [5.41, 5.74) is 1.70. The van der Waals surface area contributed by atoms with Crippen molar-refractivity contribution in [2.45, 2.75) is 0 Å². The van der Waals surface area contributed by atoms with E-state index in [9.17, 15) is 4.79 Å². The Morgan fingerprint density at radius 1 is 0.905 bits per heavy atom. The maximum Gasteiger partial charge on any atom is 0.186 e. The van der Waals surface area contributed by atoms with E-state index in [1.165, 1.54) is 0 Å². The number of aromatic nitrogens is 1. The first kappa shape index (κ1) is 14.9. The zero-order chi connectivity index (χ0) is 13.8. The van der Waals surface area contributed by atoms with Crippen LogP contribution in [0.5, 0.6) is 0 Å². The van der Waals surface area contributed by atoms with Gasteiger partial charge in [0, 0.05) is 18.0 Å². The number of carbonyl (C=O) groups excluding carboxylic acids is 1. The normalized spacial score (nSPS) is 10.5. The molecule has 3 aromatic rings. The van der Waals surface area contributed by atoms with Gasteiger partial charge in [-0.25, -0.2) is 0 Å². The second-order valence-corrected chi connectivity index (χ2v) is 4.50. The lowest BCUT2D eigenvalue weighted by atomic mass is 10.0. The average molecular weight is 296 g/mol. The van der Waals surface area contributed by atoms with Gasteiger partial charge in [0.15, 0.2) is 5.78 Å². The van der Waals surface area contributed by atoms with Crippen molar-refractivity contribution < 1.29 is 4.79 Å². The number of carbonyl (C=O) groups is 1. The molecule has 0 N–H and O–H groups in total. The monoisotopic (exact) mass is 295 g/mol. The Morgan fingerprint density at radius 3 is 2.43 bits per heavy atom. The lowest BCUT2D eigenvalue weighted by molar-refractivity contribution is 0.104. The number of nitrogens with zero attached hydrogens (tertiary/aromatic N) is 1. The Morgan fingerprint density at radius 2 is 1.62 bits per heavy atom. The Balaban J connectivity index is 0.00000161. The summed E-state index contributed by atoms with van der Waals surface area (Å²) in [7, 11) is 0. The summed E-state index contributed by atoms with van der Waals surface area (Å²) in [5, 5.41) is 2.06.